The molecule has 2 atom stereocenters. The molecule has 0 aliphatic carbocycles. The lowest BCUT2D eigenvalue weighted by atomic mass is 10.1. The SMILES string of the molecule is CCC(Oc1ccc(C(O)C=N)cc1C)C(=O)O. The first-order valence-corrected chi connectivity index (χ1v) is 5.68. The molecule has 2 unspecified atom stereocenters. The predicted molar refractivity (Wildman–Crippen MR) is 67.3 cm³/mol. The molecule has 0 aromatic heterocycles. The minimum absolute atomic E-state index is 0.375. The molecular formula is C13H17NO4. The van der Waals surface area contributed by atoms with Crippen molar-refractivity contribution in [2.24, 2.45) is 0 Å². The van der Waals surface area contributed by atoms with Gasteiger partial charge in [0.25, 0.3) is 0 Å². The fraction of sp³-hybridized carbons (Fsp3) is 0.385. The number of aliphatic carboxylic acids is 1. The summed E-state index contributed by atoms with van der Waals surface area (Å²) in [7, 11) is 0. The van der Waals surface area contributed by atoms with E-state index in [9.17, 15) is 9.90 Å². The van der Waals surface area contributed by atoms with Crippen molar-refractivity contribution in [2.45, 2.75) is 32.5 Å². The lowest BCUT2D eigenvalue weighted by molar-refractivity contribution is -0.145. The van der Waals surface area contributed by atoms with Gasteiger partial charge in [0.1, 0.15) is 11.9 Å². The second kappa shape index (κ2) is 6.16. The maximum Gasteiger partial charge on any atom is 0.344 e. The summed E-state index contributed by atoms with van der Waals surface area (Å²) in [4.78, 5) is 10.9. The normalized spacial score (nSPS) is 13.7. The summed E-state index contributed by atoms with van der Waals surface area (Å²) in [5.41, 5.74) is 1.31. The molecule has 0 aliphatic rings. The summed E-state index contributed by atoms with van der Waals surface area (Å²) in [5, 5.41) is 25.4. The first-order valence-electron chi connectivity index (χ1n) is 5.68. The molecule has 1 aromatic carbocycles. The van der Waals surface area contributed by atoms with Gasteiger partial charge in [0.2, 0.25) is 0 Å². The highest BCUT2D eigenvalue weighted by Gasteiger charge is 2.18. The monoisotopic (exact) mass is 251 g/mol. The maximum atomic E-state index is 10.9. The van der Waals surface area contributed by atoms with Crippen molar-refractivity contribution in [3.05, 3.63) is 29.3 Å². The maximum absolute atomic E-state index is 10.9. The topological polar surface area (TPSA) is 90.6 Å². The Labute approximate surface area is 106 Å². The highest BCUT2D eigenvalue weighted by atomic mass is 16.5. The van der Waals surface area contributed by atoms with Crippen LogP contribution >= 0.6 is 0 Å². The van der Waals surface area contributed by atoms with Gasteiger partial charge in [-0.25, -0.2) is 4.79 Å². The number of hydrogen-bond donors (Lipinski definition) is 3. The van der Waals surface area contributed by atoms with Crippen molar-refractivity contribution in [2.75, 3.05) is 0 Å². The third-order valence-corrected chi connectivity index (χ3v) is 2.61. The third kappa shape index (κ3) is 3.30. The lowest BCUT2D eigenvalue weighted by Crippen LogP contribution is -2.26. The molecule has 0 bridgehead atoms. The van der Waals surface area contributed by atoms with Crippen LogP contribution in [0, 0.1) is 12.3 Å². The van der Waals surface area contributed by atoms with E-state index in [1.807, 2.05) is 0 Å². The summed E-state index contributed by atoms with van der Waals surface area (Å²) in [6.45, 7) is 3.51. The number of ether oxygens (including phenoxy) is 1. The summed E-state index contributed by atoms with van der Waals surface area (Å²) in [6.07, 6.45) is -0.512. The summed E-state index contributed by atoms with van der Waals surface area (Å²) in [5.74, 6) is -0.523. The molecule has 0 saturated carbocycles. The van der Waals surface area contributed by atoms with Crippen molar-refractivity contribution in [1.82, 2.24) is 0 Å². The number of nitrogens with one attached hydrogen (secondary N) is 1. The van der Waals surface area contributed by atoms with E-state index in [-0.39, 0.29) is 0 Å². The van der Waals surface area contributed by atoms with Crippen LogP contribution in [0.5, 0.6) is 5.75 Å². The highest BCUT2D eigenvalue weighted by Crippen LogP contribution is 2.23. The minimum Gasteiger partial charge on any atom is -0.479 e. The van der Waals surface area contributed by atoms with Crippen molar-refractivity contribution < 1.29 is 19.7 Å². The van der Waals surface area contributed by atoms with Crippen molar-refractivity contribution in [3.8, 4) is 5.75 Å². The largest absolute Gasteiger partial charge is 0.479 e. The number of aliphatic hydroxyl groups excluding tert-OH is 1. The molecule has 0 aliphatic heterocycles. The molecular weight excluding hydrogens is 234 g/mol. The lowest BCUT2D eigenvalue weighted by Gasteiger charge is -2.16. The van der Waals surface area contributed by atoms with Gasteiger partial charge in [0.05, 0.1) is 0 Å². The Bertz CT molecular complexity index is 445. The van der Waals surface area contributed by atoms with Gasteiger partial charge in [-0.1, -0.05) is 13.0 Å². The molecule has 3 N–H and O–H groups in total. The molecule has 98 valence electrons. The minimum atomic E-state index is -1.000. The molecule has 0 saturated heterocycles. The predicted octanol–water partition coefficient (Wildman–Crippen LogP) is 1.92. The number of hydrogen-bond acceptors (Lipinski definition) is 4. The van der Waals surface area contributed by atoms with Gasteiger partial charge >= 0.3 is 5.97 Å². The Morgan fingerprint density at radius 3 is 2.67 bits per heavy atom. The van der Waals surface area contributed by atoms with Gasteiger partial charge in [-0.15, -0.1) is 0 Å². The van der Waals surface area contributed by atoms with Crippen LogP contribution in [0.4, 0.5) is 0 Å². The fourth-order valence-corrected chi connectivity index (χ4v) is 1.55. The van der Waals surface area contributed by atoms with Crippen molar-refractivity contribution in [3.63, 3.8) is 0 Å². The van der Waals surface area contributed by atoms with Crippen LogP contribution in [0.3, 0.4) is 0 Å². The highest BCUT2D eigenvalue weighted by molar-refractivity contribution is 5.72. The molecule has 1 aromatic rings. The van der Waals surface area contributed by atoms with Crippen LogP contribution in [0.1, 0.15) is 30.6 Å². The zero-order valence-electron chi connectivity index (χ0n) is 10.4. The smallest absolute Gasteiger partial charge is 0.344 e. The van der Waals surface area contributed by atoms with Gasteiger partial charge in [-0.2, -0.15) is 0 Å². The first kappa shape index (κ1) is 14.2. The molecule has 0 radical (unpaired) electrons. The van der Waals surface area contributed by atoms with Crippen LogP contribution in [-0.2, 0) is 4.79 Å². The Hall–Kier alpha value is -1.88. The van der Waals surface area contributed by atoms with E-state index in [0.717, 1.165) is 11.8 Å². The Morgan fingerprint density at radius 2 is 2.22 bits per heavy atom. The molecule has 0 heterocycles. The van der Waals surface area contributed by atoms with E-state index in [4.69, 9.17) is 15.3 Å². The zero-order valence-corrected chi connectivity index (χ0v) is 10.4. The van der Waals surface area contributed by atoms with Crippen molar-refractivity contribution in [1.29, 1.82) is 5.41 Å². The molecule has 0 amide bonds. The van der Waals surface area contributed by atoms with Gasteiger partial charge in [0, 0.05) is 6.21 Å². The van der Waals surface area contributed by atoms with Crippen LogP contribution in [0.2, 0.25) is 0 Å². The second-order valence-corrected chi connectivity index (χ2v) is 3.99. The van der Waals surface area contributed by atoms with Crippen LogP contribution < -0.4 is 4.74 Å². The van der Waals surface area contributed by atoms with Gasteiger partial charge < -0.3 is 20.4 Å². The summed E-state index contributed by atoms with van der Waals surface area (Å²) >= 11 is 0. The Morgan fingerprint density at radius 1 is 1.56 bits per heavy atom. The average molecular weight is 251 g/mol. The standard InChI is InChI=1S/C13H17NO4/c1-3-11(13(16)17)18-12-5-4-9(6-8(12)2)10(15)7-14/h4-7,10-11,14-15H,3H2,1-2H3,(H,16,17). The number of benzene rings is 1. The van der Waals surface area contributed by atoms with Crippen LogP contribution in [0.25, 0.3) is 0 Å². The van der Waals surface area contributed by atoms with E-state index in [2.05, 4.69) is 0 Å². The van der Waals surface area contributed by atoms with Crippen LogP contribution in [-0.4, -0.2) is 28.5 Å². The number of rotatable bonds is 6. The van der Waals surface area contributed by atoms with Crippen LogP contribution in [0.15, 0.2) is 18.2 Å². The zero-order chi connectivity index (χ0) is 13.7. The molecule has 1 rings (SSSR count). The molecule has 0 spiro atoms. The summed E-state index contributed by atoms with van der Waals surface area (Å²) < 4.78 is 5.39. The van der Waals surface area contributed by atoms with E-state index >= 15 is 0 Å². The molecule has 18 heavy (non-hydrogen) atoms. The fourth-order valence-electron chi connectivity index (χ4n) is 1.55. The van der Waals surface area contributed by atoms with E-state index < -0.39 is 18.2 Å². The Balaban J connectivity index is 2.92. The molecule has 5 heteroatoms. The number of aryl methyl sites for hydroxylation is 1. The number of carboxylic acids is 1. The van der Waals surface area contributed by atoms with Crippen molar-refractivity contribution >= 4 is 12.2 Å². The quantitative estimate of drug-likeness (QED) is 0.674. The number of aliphatic hydroxyl groups is 1. The third-order valence-electron chi connectivity index (χ3n) is 2.61. The van der Waals surface area contributed by atoms with Gasteiger partial charge in [0.15, 0.2) is 6.10 Å². The van der Waals surface area contributed by atoms with E-state index in [0.29, 0.717) is 17.7 Å². The molecule has 0 fully saturated rings. The van der Waals surface area contributed by atoms with Gasteiger partial charge in [-0.3, -0.25) is 0 Å². The second-order valence-electron chi connectivity index (χ2n) is 3.99. The first-order chi connectivity index (χ1) is 8.49. The Kier molecular flexibility index (Phi) is 4.85. The van der Waals surface area contributed by atoms with Gasteiger partial charge in [-0.05, 0) is 36.6 Å². The van der Waals surface area contributed by atoms with E-state index in [1.165, 1.54) is 0 Å². The van der Waals surface area contributed by atoms with E-state index in [1.54, 1.807) is 32.0 Å². The average Bonchev–Trinajstić information content (AvgIpc) is 2.35. The molecule has 5 nitrogen and oxygen atoms in total. The number of carbonyl (C=O) groups is 1. The number of carboxylic acid groups (broad SMARTS) is 1. The summed E-state index contributed by atoms with van der Waals surface area (Å²) in [6, 6.07) is 4.91.